The van der Waals surface area contributed by atoms with Crippen molar-refractivity contribution < 1.29 is 9.53 Å². The number of amidine groups is 1. The van der Waals surface area contributed by atoms with Crippen LogP contribution in [0.4, 0.5) is 5.69 Å². The molecule has 0 radical (unpaired) electrons. The maximum Gasteiger partial charge on any atom is 0.219 e. The number of benzene rings is 1. The van der Waals surface area contributed by atoms with Crippen LogP contribution in [0.3, 0.4) is 0 Å². The molecule has 36 heavy (non-hydrogen) atoms. The summed E-state index contributed by atoms with van der Waals surface area (Å²) in [4.78, 5) is 16.1. The predicted octanol–water partition coefficient (Wildman–Crippen LogP) is 2.82. The summed E-state index contributed by atoms with van der Waals surface area (Å²) in [7, 11) is 1.87. The fourth-order valence-corrected chi connectivity index (χ4v) is 5.47. The minimum absolute atomic E-state index is 0.0174. The molecule has 2 aromatic rings. The van der Waals surface area contributed by atoms with Crippen LogP contribution in [-0.4, -0.2) is 65.3 Å². The first-order chi connectivity index (χ1) is 17.3. The lowest BCUT2D eigenvalue weighted by Crippen LogP contribution is -2.47. The lowest BCUT2D eigenvalue weighted by Gasteiger charge is -2.39. The van der Waals surface area contributed by atoms with Gasteiger partial charge in [0.05, 0.1) is 37.0 Å². The van der Waals surface area contributed by atoms with Crippen molar-refractivity contribution in [1.29, 1.82) is 10.7 Å². The van der Waals surface area contributed by atoms with Gasteiger partial charge in [-0.15, -0.1) is 0 Å². The van der Waals surface area contributed by atoms with Crippen LogP contribution in [0.15, 0.2) is 35.8 Å². The van der Waals surface area contributed by atoms with E-state index >= 15 is 0 Å². The van der Waals surface area contributed by atoms with Gasteiger partial charge in [0.25, 0.3) is 0 Å². The number of aromatic nitrogens is 2. The van der Waals surface area contributed by atoms with Gasteiger partial charge in [-0.3, -0.25) is 14.9 Å². The molecule has 2 N–H and O–H groups in total. The Kier molecular flexibility index (Phi) is 6.54. The van der Waals surface area contributed by atoms with Crippen LogP contribution in [0, 0.1) is 22.7 Å². The number of nitrogens with zero attached hydrogens (tertiary/aromatic N) is 5. The molecule has 9 nitrogen and oxygen atoms in total. The maximum absolute atomic E-state index is 12.2. The third-order valence-electron chi connectivity index (χ3n) is 7.36. The molecule has 1 saturated heterocycles. The Labute approximate surface area is 211 Å². The highest BCUT2D eigenvalue weighted by atomic mass is 16.5. The first-order valence-electron chi connectivity index (χ1n) is 12.6. The molecule has 1 aromatic heterocycles. The van der Waals surface area contributed by atoms with Crippen LogP contribution in [0.25, 0.3) is 11.1 Å². The van der Waals surface area contributed by atoms with Crippen molar-refractivity contribution in [3.8, 4) is 17.2 Å². The van der Waals surface area contributed by atoms with E-state index < -0.39 is 0 Å². The zero-order valence-electron chi connectivity index (χ0n) is 21.2. The molecule has 1 fully saturated rings. The molecule has 0 spiro atoms. The number of fused-ring (bicyclic) bond motifs is 1. The normalized spacial score (nSPS) is 21.8. The molecule has 3 aliphatic rings. The standard InChI is InChI=1S/C27H33N7O2/c1-17-8-19-9-23(21-12-30-32(3)14-21)20(11-28)10-26(19)34(13-17)27(29)24-15-33(18(2)35)6-4-25(24)31-22-5-7-36-16-22/h9-10,12,14,17,22,29,31H,4-8,13,15-16H2,1-3H3. The highest BCUT2D eigenvalue weighted by Crippen LogP contribution is 2.37. The summed E-state index contributed by atoms with van der Waals surface area (Å²) in [5.74, 6) is 0.748. The van der Waals surface area contributed by atoms with Gasteiger partial charge in [-0.1, -0.05) is 6.92 Å². The molecule has 3 aliphatic heterocycles. The number of nitrogens with one attached hydrogen (secondary N) is 2. The Morgan fingerprint density at radius 2 is 2.19 bits per heavy atom. The summed E-state index contributed by atoms with van der Waals surface area (Å²) in [6, 6.07) is 6.59. The van der Waals surface area contributed by atoms with Crippen LogP contribution in [0.5, 0.6) is 0 Å². The van der Waals surface area contributed by atoms with Gasteiger partial charge in [0.1, 0.15) is 5.84 Å². The molecule has 0 aliphatic carbocycles. The van der Waals surface area contributed by atoms with E-state index in [0.29, 0.717) is 50.0 Å². The van der Waals surface area contributed by atoms with Crippen molar-refractivity contribution in [2.75, 3.05) is 37.7 Å². The van der Waals surface area contributed by atoms with Gasteiger partial charge in [-0.2, -0.15) is 10.4 Å². The molecule has 4 heterocycles. The Morgan fingerprint density at radius 3 is 2.86 bits per heavy atom. The van der Waals surface area contributed by atoms with Gasteiger partial charge < -0.3 is 19.9 Å². The lowest BCUT2D eigenvalue weighted by molar-refractivity contribution is -0.128. The molecule has 188 valence electrons. The summed E-state index contributed by atoms with van der Waals surface area (Å²) in [6.45, 7) is 6.91. The van der Waals surface area contributed by atoms with E-state index in [2.05, 4.69) is 29.5 Å². The van der Waals surface area contributed by atoms with Crippen molar-refractivity contribution >= 4 is 17.4 Å². The molecule has 2 atom stereocenters. The van der Waals surface area contributed by atoms with Gasteiger partial charge in [0, 0.05) is 74.4 Å². The molecule has 2 unspecified atom stereocenters. The molecular weight excluding hydrogens is 454 g/mol. The molecule has 0 bridgehead atoms. The molecular formula is C27H33N7O2. The first-order valence-corrected chi connectivity index (χ1v) is 12.6. The molecule has 9 heteroatoms. The van der Waals surface area contributed by atoms with Crippen LogP contribution in [0.1, 0.15) is 37.8 Å². The number of carbonyl (C=O) groups excluding carboxylic acids is 1. The van der Waals surface area contributed by atoms with Crippen molar-refractivity contribution in [2.45, 2.75) is 39.2 Å². The van der Waals surface area contributed by atoms with Gasteiger partial charge in [-0.25, -0.2) is 0 Å². The third-order valence-corrected chi connectivity index (χ3v) is 7.36. The quantitative estimate of drug-likeness (QED) is 0.507. The minimum atomic E-state index is 0.0174. The number of rotatable bonds is 4. The van der Waals surface area contributed by atoms with E-state index in [9.17, 15) is 15.5 Å². The number of aryl methyl sites for hydroxylation is 1. The molecule has 1 amide bonds. The second-order valence-corrected chi connectivity index (χ2v) is 10.2. The average molecular weight is 488 g/mol. The number of amides is 1. The minimum Gasteiger partial charge on any atom is -0.383 e. The zero-order valence-corrected chi connectivity index (χ0v) is 21.2. The maximum atomic E-state index is 12.2. The van der Waals surface area contributed by atoms with E-state index in [1.165, 1.54) is 0 Å². The van der Waals surface area contributed by atoms with Crippen LogP contribution in [-0.2, 0) is 23.0 Å². The number of hydrogen-bond donors (Lipinski definition) is 2. The smallest absolute Gasteiger partial charge is 0.219 e. The van der Waals surface area contributed by atoms with Gasteiger partial charge in [-0.05, 0) is 36.5 Å². The largest absolute Gasteiger partial charge is 0.383 e. The second kappa shape index (κ2) is 9.78. The topological polar surface area (TPSA) is 110 Å². The summed E-state index contributed by atoms with van der Waals surface area (Å²) >= 11 is 0. The van der Waals surface area contributed by atoms with Gasteiger partial charge >= 0.3 is 0 Å². The molecule has 1 aromatic carbocycles. The van der Waals surface area contributed by atoms with E-state index in [4.69, 9.17) is 4.74 Å². The van der Waals surface area contributed by atoms with Crippen molar-refractivity contribution in [2.24, 2.45) is 13.0 Å². The van der Waals surface area contributed by atoms with Crippen molar-refractivity contribution in [1.82, 2.24) is 20.0 Å². The van der Waals surface area contributed by atoms with Gasteiger partial charge in [0.2, 0.25) is 5.91 Å². The Bertz CT molecular complexity index is 1270. The Hall–Kier alpha value is -3.64. The van der Waals surface area contributed by atoms with Crippen LogP contribution >= 0.6 is 0 Å². The van der Waals surface area contributed by atoms with Crippen molar-refractivity contribution in [3.05, 3.63) is 46.9 Å². The van der Waals surface area contributed by atoms with E-state index in [-0.39, 0.29) is 11.9 Å². The predicted molar refractivity (Wildman–Crippen MR) is 138 cm³/mol. The number of nitriles is 1. The van der Waals surface area contributed by atoms with Gasteiger partial charge in [0.15, 0.2) is 0 Å². The summed E-state index contributed by atoms with van der Waals surface area (Å²) in [5, 5.41) is 27.2. The SMILES string of the molecule is CC(=O)N1CCC(NC2CCOC2)=C(C(=N)N2CC(C)Cc3cc(-c4cnn(C)c4)c(C#N)cc32)C1. The van der Waals surface area contributed by atoms with Crippen molar-refractivity contribution in [3.63, 3.8) is 0 Å². The number of ether oxygens (including phenoxy) is 1. The Morgan fingerprint density at radius 1 is 1.36 bits per heavy atom. The van der Waals surface area contributed by atoms with Crippen LogP contribution < -0.4 is 10.2 Å². The summed E-state index contributed by atoms with van der Waals surface area (Å²) < 4.78 is 7.29. The number of carbonyl (C=O) groups is 1. The van der Waals surface area contributed by atoms with Crippen LogP contribution in [0.2, 0.25) is 0 Å². The van der Waals surface area contributed by atoms with E-state index in [1.807, 2.05) is 24.2 Å². The average Bonchev–Trinajstić information content (AvgIpc) is 3.54. The fourth-order valence-electron chi connectivity index (χ4n) is 5.47. The number of hydrogen-bond acceptors (Lipinski definition) is 6. The van der Waals surface area contributed by atoms with E-state index in [1.54, 1.807) is 22.7 Å². The molecule has 0 saturated carbocycles. The second-order valence-electron chi connectivity index (χ2n) is 10.2. The highest BCUT2D eigenvalue weighted by molar-refractivity contribution is 6.09. The Balaban J connectivity index is 1.54. The summed E-state index contributed by atoms with van der Waals surface area (Å²) in [6.07, 6.45) is 6.20. The monoisotopic (exact) mass is 487 g/mol. The first kappa shape index (κ1) is 24.1. The zero-order chi connectivity index (χ0) is 25.4. The fraction of sp³-hybridized carbons (Fsp3) is 0.481. The third kappa shape index (κ3) is 4.61. The molecule has 5 rings (SSSR count). The summed E-state index contributed by atoms with van der Waals surface area (Å²) in [5.41, 5.74) is 6.24. The highest BCUT2D eigenvalue weighted by Gasteiger charge is 2.32. The lowest BCUT2D eigenvalue weighted by atomic mass is 9.88. The van der Waals surface area contributed by atoms with E-state index in [0.717, 1.165) is 53.1 Å². The number of anilines is 1.